The van der Waals surface area contributed by atoms with Crippen LogP contribution >= 0.6 is 0 Å². The van der Waals surface area contributed by atoms with Crippen molar-refractivity contribution in [3.63, 3.8) is 0 Å². The van der Waals surface area contributed by atoms with E-state index in [1.165, 1.54) is 6.07 Å². The molecule has 0 aliphatic heterocycles. The van der Waals surface area contributed by atoms with Crippen LogP contribution < -0.4 is 5.56 Å². The average molecular weight is 153 g/mol. The maximum absolute atomic E-state index is 10.7. The van der Waals surface area contributed by atoms with Crippen molar-refractivity contribution in [1.29, 1.82) is 0 Å². The zero-order valence-electron chi connectivity index (χ0n) is 6.59. The van der Waals surface area contributed by atoms with Gasteiger partial charge in [-0.3, -0.25) is 4.79 Å². The van der Waals surface area contributed by atoms with E-state index in [1.54, 1.807) is 6.20 Å². The van der Waals surface area contributed by atoms with E-state index in [9.17, 15) is 4.79 Å². The first kappa shape index (κ1) is 7.85. The van der Waals surface area contributed by atoms with Crippen LogP contribution in [0.4, 0.5) is 0 Å². The fourth-order valence-electron chi connectivity index (χ4n) is 0.821. The number of pyridine rings is 1. The van der Waals surface area contributed by atoms with Crippen LogP contribution in [0.3, 0.4) is 0 Å². The van der Waals surface area contributed by atoms with Crippen LogP contribution in [0, 0.1) is 0 Å². The van der Waals surface area contributed by atoms with Crippen molar-refractivity contribution in [2.45, 2.75) is 19.8 Å². The Labute approximate surface area is 64.7 Å². The fraction of sp³-hybridized carbons (Fsp3) is 0.375. The molecule has 0 saturated heterocycles. The highest BCUT2D eigenvalue weighted by Gasteiger charge is 2.01. The highest BCUT2D eigenvalue weighted by Crippen LogP contribution is 2.14. The second-order valence-electron chi connectivity index (χ2n) is 2.80. The maximum Gasteiger partial charge on any atom is 0.290 e. The Morgan fingerprint density at radius 3 is 2.64 bits per heavy atom. The third kappa shape index (κ3) is 1.61. The Balaban J connectivity index is 3.15. The number of aromatic amines is 1. The van der Waals surface area contributed by atoms with Crippen LogP contribution in [-0.2, 0) is 0 Å². The summed E-state index contributed by atoms with van der Waals surface area (Å²) in [5.74, 6) is 0.106. The van der Waals surface area contributed by atoms with Gasteiger partial charge in [-0.25, -0.2) is 0 Å². The fourth-order valence-corrected chi connectivity index (χ4v) is 0.821. The van der Waals surface area contributed by atoms with Gasteiger partial charge in [-0.05, 0) is 17.5 Å². The molecular weight excluding hydrogens is 142 g/mol. The lowest BCUT2D eigenvalue weighted by molar-refractivity contribution is 0.465. The molecule has 0 atom stereocenters. The Morgan fingerprint density at radius 1 is 1.55 bits per heavy atom. The number of hydrogen-bond acceptors (Lipinski definition) is 2. The van der Waals surface area contributed by atoms with Gasteiger partial charge >= 0.3 is 0 Å². The van der Waals surface area contributed by atoms with Crippen molar-refractivity contribution in [3.8, 4) is 5.75 Å². The van der Waals surface area contributed by atoms with Crippen LogP contribution in [0.15, 0.2) is 17.1 Å². The first-order valence-corrected chi connectivity index (χ1v) is 3.53. The zero-order valence-corrected chi connectivity index (χ0v) is 6.59. The molecule has 0 amide bonds. The molecule has 0 aliphatic carbocycles. The Morgan fingerprint density at radius 2 is 2.18 bits per heavy atom. The Hall–Kier alpha value is -1.25. The lowest BCUT2D eigenvalue weighted by atomic mass is 10.1. The molecule has 1 heterocycles. The molecule has 0 radical (unpaired) electrons. The monoisotopic (exact) mass is 153 g/mol. The van der Waals surface area contributed by atoms with E-state index in [2.05, 4.69) is 4.98 Å². The molecular formula is C8H11NO2. The largest absolute Gasteiger partial charge is 0.503 e. The maximum atomic E-state index is 10.7. The Kier molecular flexibility index (Phi) is 1.98. The van der Waals surface area contributed by atoms with E-state index in [0.29, 0.717) is 5.92 Å². The number of H-pyrrole nitrogens is 1. The minimum Gasteiger partial charge on any atom is -0.503 e. The molecule has 0 bridgehead atoms. The van der Waals surface area contributed by atoms with Crippen LogP contribution in [-0.4, -0.2) is 10.1 Å². The molecule has 1 rings (SSSR count). The van der Waals surface area contributed by atoms with E-state index < -0.39 is 5.56 Å². The molecule has 2 N–H and O–H groups in total. The van der Waals surface area contributed by atoms with Crippen LogP contribution in [0.5, 0.6) is 5.75 Å². The zero-order chi connectivity index (χ0) is 8.43. The van der Waals surface area contributed by atoms with Gasteiger partial charge in [0.25, 0.3) is 5.56 Å². The van der Waals surface area contributed by atoms with Gasteiger partial charge in [0.1, 0.15) is 0 Å². The molecule has 3 heteroatoms. The van der Waals surface area contributed by atoms with Crippen LogP contribution in [0.1, 0.15) is 25.3 Å². The first-order chi connectivity index (χ1) is 5.11. The highest BCUT2D eigenvalue weighted by molar-refractivity contribution is 5.24. The summed E-state index contributed by atoms with van der Waals surface area (Å²) in [7, 11) is 0. The number of nitrogens with one attached hydrogen (secondary N) is 1. The number of hydrogen-bond donors (Lipinski definition) is 2. The molecule has 3 nitrogen and oxygen atoms in total. The quantitative estimate of drug-likeness (QED) is 0.637. The summed E-state index contributed by atoms with van der Waals surface area (Å²) in [5.41, 5.74) is 0.497. The third-order valence-electron chi connectivity index (χ3n) is 1.57. The smallest absolute Gasteiger partial charge is 0.290 e. The minimum atomic E-state index is -0.436. The lowest BCUT2D eigenvalue weighted by Gasteiger charge is -2.03. The topological polar surface area (TPSA) is 53.1 Å². The summed E-state index contributed by atoms with van der Waals surface area (Å²) in [4.78, 5) is 13.1. The second-order valence-corrected chi connectivity index (χ2v) is 2.80. The van der Waals surface area contributed by atoms with Crippen molar-refractivity contribution in [2.75, 3.05) is 0 Å². The van der Waals surface area contributed by atoms with Crippen molar-refractivity contribution in [2.24, 2.45) is 0 Å². The van der Waals surface area contributed by atoms with E-state index in [1.807, 2.05) is 13.8 Å². The SMILES string of the molecule is CC(C)c1c[nH]c(=O)c(O)c1. The minimum absolute atomic E-state index is 0.212. The van der Waals surface area contributed by atoms with Crippen molar-refractivity contribution >= 4 is 0 Å². The van der Waals surface area contributed by atoms with Gasteiger partial charge in [-0.1, -0.05) is 13.8 Å². The highest BCUT2D eigenvalue weighted by atomic mass is 16.3. The summed E-state index contributed by atoms with van der Waals surface area (Å²) in [6.45, 7) is 3.99. The van der Waals surface area contributed by atoms with Crippen LogP contribution in [0.2, 0.25) is 0 Å². The van der Waals surface area contributed by atoms with E-state index in [-0.39, 0.29) is 5.75 Å². The van der Waals surface area contributed by atoms with Gasteiger partial charge in [-0.2, -0.15) is 0 Å². The molecule has 0 spiro atoms. The van der Waals surface area contributed by atoms with Gasteiger partial charge in [0.15, 0.2) is 5.75 Å². The average Bonchev–Trinajstić information content (AvgIpc) is 1.94. The van der Waals surface area contributed by atoms with Gasteiger partial charge in [0.2, 0.25) is 0 Å². The molecule has 0 saturated carbocycles. The second kappa shape index (κ2) is 2.78. The summed E-state index contributed by atoms with van der Waals surface area (Å²) in [5, 5.41) is 9.01. The summed E-state index contributed by atoms with van der Waals surface area (Å²) >= 11 is 0. The molecule has 1 aromatic rings. The molecule has 0 fully saturated rings. The van der Waals surface area contributed by atoms with Gasteiger partial charge in [0, 0.05) is 6.20 Å². The van der Waals surface area contributed by atoms with Crippen molar-refractivity contribution in [3.05, 3.63) is 28.2 Å². The van der Waals surface area contributed by atoms with Crippen LogP contribution in [0.25, 0.3) is 0 Å². The lowest BCUT2D eigenvalue weighted by Crippen LogP contribution is -2.05. The molecule has 11 heavy (non-hydrogen) atoms. The van der Waals surface area contributed by atoms with E-state index in [4.69, 9.17) is 5.11 Å². The molecule has 1 aromatic heterocycles. The first-order valence-electron chi connectivity index (χ1n) is 3.53. The predicted octanol–water partition coefficient (Wildman–Crippen LogP) is 1.20. The van der Waals surface area contributed by atoms with Gasteiger partial charge in [-0.15, -0.1) is 0 Å². The molecule has 0 aromatic carbocycles. The summed E-state index contributed by atoms with van der Waals surface area (Å²) in [6.07, 6.45) is 1.62. The normalized spacial score (nSPS) is 10.5. The predicted molar refractivity (Wildman–Crippen MR) is 42.8 cm³/mol. The molecule has 0 aliphatic rings. The van der Waals surface area contributed by atoms with Crippen molar-refractivity contribution in [1.82, 2.24) is 4.98 Å². The number of aromatic hydroxyl groups is 1. The molecule has 0 unspecified atom stereocenters. The van der Waals surface area contributed by atoms with Crippen molar-refractivity contribution < 1.29 is 5.11 Å². The number of aromatic nitrogens is 1. The third-order valence-corrected chi connectivity index (χ3v) is 1.57. The van der Waals surface area contributed by atoms with Gasteiger partial charge < -0.3 is 10.1 Å². The Bertz CT molecular complexity index is 301. The van der Waals surface area contributed by atoms with E-state index >= 15 is 0 Å². The van der Waals surface area contributed by atoms with E-state index in [0.717, 1.165) is 5.56 Å². The summed E-state index contributed by atoms with van der Waals surface area (Å²) in [6, 6.07) is 1.49. The van der Waals surface area contributed by atoms with Gasteiger partial charge in [0.05, 0.1) is 0 Å². The standard InChI is InChI=1S/C8H11NO2/c1-5(2)6-3-7(10)8(11)9-4-6/h3-5,10H,1-2H3,(H,9,11). The number of rotatable bonds is 1. The summed E-state index contributed by atoms with van der Waals surface area (Å²) < 4.78 is 0. The molecule has 60 valence electrons.